The van der Waals surface area contributed by atoms with Gasteiger partial charge in [0.15, 0.2) is 0 Å². The van der Waals surface area contributed by atoms with Gasteiger partial charge in [-0.15, -0.1) is 0 Å². The van der Waals surface area contributed by atoms with Crippen LogP contribution in [0.15, 0.2) is 18.2 Å². The molecule has 0 amide bonds. The van der Waals surface area contributed by atoms with E-state index in [9.17, 15) is 4.39 Å². The number of likely N-dealkylation sites (tertiary alicyclic amines) is 1. The van der Waals surface area contributed by atoms with Gasteiger partial charge < -0.3 is 10.2 Å². The Morgan fingerprint density at radius 1 is 1.35 bits per heavy atom. The molecule has 0 aromatic heterocycles. The Balaban J connectivity index is 1.74. The molecule has 0 bridgehead atoms. The van der Waals surface area contributed by atoms with Crippen molar-refractivity contribution in [1.29, 1.82) is 0 Å². The van der Waals surface area contributed by atoms with Crippen LogP contribution in [-0.2, 0) is 6.54 Å². The Morgan fingerprint density at radius 2 is 2.10 bits per heavy atom. The molecule has 4 heteroatoms. The van der Waals surface area contributed by atoms with Crippen molar-refractivity contribution in [3.63, 3.8) is 0 Å². The molecule has 0 spiro atoms. The minimum absolute atomic E-state index is 0.207. The van der Waals surface area contributed by atoms with Crippen molar-refractivity contribution in [3.05, 3.63) is 34.6 Å². The van der Waals surface area contributed by atoms with E-state index in [1.54, 1.807) is 18.2 Å². The van der Waals surface area contributed by atoms with Gasteiger partial charge in [-0.3, -0.25) is 0 Å². The fraction of sp³-hybridized carbons (Fsp3) is 0.625. The molecule has 0 unspecified atom stereocenters. The monoisotopic (exact) mass is 298 g/mol. The lowest BCUT2D eigenvalue weighted by Gasteiger charge is -2.32. The number of halogens is 2. The van der Waals surface area contributed by atoms with E-state index < -0.39 is 0 Å². The van der Waals surface area contributed by atoms with Crippen molar-refractivity contribution in [1.82, 2.24) is 10.2 Å². The van der Waals surface area contributed by atoms with E-state index in [0.29, 0.717) is 18.2 Å². The van der Waals surface area contributed by atoms with Crippen LogP contribution in [-0.4, -0.2) is 30.6 Å². The molecule has 1 saturated heterocycles. The molecular formula is C16H24ClFN2. The van der Waals surface area contributed by atoms with Crippen LogP contribution in [0.5, 0.6) is 0 Å². The van der Waals surface area contributed by atoms with Gasteiger partial charge in [0.2, 0.25) is 0 Å². The van der Waals surface area contributed by atoms with Gasteiger partial charge in [0.05, 0.1) is 5.02 Å². The summed E-state index contributed by atoms with van der Waals surface area (Å²) in [5.41, 5.74) is 0.658. The van der Waals surface area contributed by atoms with Gasteiger partial charge in [-0.1, -0.05) is 37.1 Å². The third-order valence-electron chi connectivity index (χ3n) is 4.03. The molecule has 0 aliphatic carbocycles. The first-order valence-electron chi connectivity index (χ1n) is 7.59. The highest BCUT2D eigenvalue weighted by Crippen LogP contribution is 2.18. The van der Waals surface area contributed by atoms with Crippen molar-refractivity contribution >= 4 is 11.6 Å². The predicted octanol–water partition coefficient (Wildman–Crippen LogP) is 3.83. The molecule has 1 aliphatic heterocycles. The summed E-state index contributed by atoms with van der Waals surface area (Å²) in [5, 5.41) is 3.66. The standard InChI is InChI=1S/C16H24ClFN2/c1-2-3-9-20-10-7-14(8-11-20)19-12-13-5-4-6-15(17)16(13)18/h4-6,14,19H,2-3,7-12H2,1H3. The highest BCUT2D eigenvalue weighted by atomic mass is 35.5. The zero-order valence-corrected chi connectivity index (χ0v) is 12.9. The van der Waals surface area contributed by atoms with Gasteiger partial charge >= 0.3 is 0 Å². The normalized spacial score (nSPS) is 17.6. The smallest absolute Gasteiger partial charge is 0.146 e. The highest BCUT2D eigenvalue weighted by Gasteiger charge is 2.18. The quantitative estimate of drug-likeness (QED) is 0.858. The fourth-order valence-electron chi connectivity index (χ4n) is 2.68. The summed E-state index contributed by atoms with van der Waals surface area (Å²) < 4.78 is 13.8. The van der Waals surface area contributed by atoms with Crippen molar-refractivity contribution < 1.29 is 4.39 Å². The summed E-state index contributed by atoms with van der Waals surface area (Å²) >= 11 is 5.79. The van der Waals surface area contributed by atoms with Gasteiger partial charge in [0, 0.05) is 18.2 Å². The first-order chi connectivity index (χ1) is 9.70. The minimum atomic E-state index is -0.290. The first-order valence-corrected chi connectivity index (χ1v) is 7.97. The minimum Gasteiger partial charge on any atom is -0.310 e. The largest absolute Gasteiger partial charge is 0.310 e. The number of benzene rings is 1. The topological polar surface area (TPSA) is 15.3 Å². The predicted molar refractivity (Wildman–Crippen MR) is 82.6 cm³/mol. The SMILES string of the molecule is CCCCN1CCC(NCc2cccc(Cl)c2F)CC1. The van der Waals surface area contributed by atoms with Gasteiger partial charge in [-0.2, -0.15) is 0 Å². The number of nitrogens with zero attached hydrogens (tertiary/aromatic N) is 1. The lowest BCUT2D eigenvalue weighted by atomic mass is 10.0. The molecular weight excluding hydrogens is 275 g/mol. The van der Waals surface area contributed by atoms with Crippen LogP contribution >= 0.6 is 11.6 Å². The number of nitrogens with one attached hydrogen (secondary N) is 1. The van der Waals surface area contributed by atoms with Crippen LogP contribution in [0.3, 0.4) is 0 Å². The van der Waals surface area contributed by atoms with Gasteiger partial charge in [-0.25, -0.2) is 4.39 Å². The van der Waals surface area contributed by atoms with Crippen LogP contribution in [0.2, 0.25) is 5.02 Å². The zero-order chi connectivity index (χ0) is 14.4. The van der Waals surface area contributed by atoms with E-state index in [4.69, 9.17) is 11.6 Å². The summed E-state index contributed by atoms with van der Waals surface area (Å²) in [5.74, 6) is -0.290. The summed E-state index contributed by atoms with van der Waals surface area (Å²) in [7, 11) is 0. The highest BCUT2D eigenvalue weighted by molar-refractivity contribution is 6.30. The summed E-state index contributed by atoms with van der Waals surface area (Å²) in [6.07, 6.45) is 4.83. The Hall–Kier alpha value is -0.640. The van der Waals surface area contributed by atoms with Crippen LogP contribution in [0.4, 0.5) is 4.39 Å². The molecule has 1 aliphatic rings. The molecule has 0 radical (unpaired) electrons. The van der Waals surface area contributed by atoms with Crippen molar-refractivity contribution in [2.24, 2.45) is 0 Å². The van der Waals surface area contributed by atoms with Gasteiger partial charge in [0.25, 0.3) is 0 Å². The van der Waals surface area contributed by atoms with E-state index >= 15 is 0 Å². The average molecular weight is 299 g/mol. The fourth-order valence-corrected chi connectivity index (χ4v) is 2.88. The van der Waals surface area contributed by atoms with E-state index in [-0.39, 0.29) is 10.8 Å². The second kappa shape index (κ2) is 7.96. The molecule has 2 nitrogen and oxygen atoms in total. The Labute approximate surface area is 126 Å². The van der Waals surface area contributed by atoms with Crippen molar-refractivity contribution in [2.75, 3.05) is 19.6 Å². The molecule has 112 valence electrons. The molecule has 0 saturated carbocycles. The van der Waals surface area contributed by atoms with Crippen LogP contribution < -0.4 is 5.32 Å². The van der Waals surface area contributed by atoms with Gasteiger partial charge in [-0.05, 0) is 45.0 Å². The Bertz CT molecular complexity index is 417. The number of hydrogen-bond donors (Lipinski definition) is 1. The number of hydrogen-bond acceptors (Lipinski definition) is 2. The molecule has 1 fully saturated rings. The molecule has 1 N–H and O–H groups in total. The maximum atomic E-state index is 13.8. The molecule has 1 aromatic rings. The van der Waals surface area contributed by atoms with E-state index in [1.807, 2.05) is 0 Å². The molecule has 20 heavy (non-hydrogen) atoms. The van der Waals surface area contributed by atoms with Crippen LogP contribution in [0, 0.1) is 5.82 Å². The zero-order valence-electron chi connectivity index (χ0n) is 12.2. The van der Waals surface area contributed by atoms with E-state index in [1.165, 1.54) is 19.4 Å². The van der Waals surface area contributed by atoms with Crippen molar-refractivity contribution in [2.45, 2.75) is 45.2 Å². The summed E-state index contributed by atoms with van der Waals surface area (Å²) in [6.45, 7) is 6.30. The third-order valence-corrected chi connectivity index (χ3v) is 4.32. The molecule has 1 aromatic carbocycles. The van der Waals surface area contributed by atoms with Crippen LogP contribution in [0.1, 0.15) is 38.2 Å². The molecule has 1 heterocycles. The Kier molecular flexibility index (Phi) is 6.27. The molecule has 0 atom stereocenters. The maximum Gasteiger partial charge on any atom is 0.146 e. The van der Waals surface area contributed by atoms with Gasteiger partial charge in [0.1, 0.15) is 5.82 Å². The van der Waals surface area contributed by atoms with Crippen molar-refractivity contribution in [3.8, 4) is 0 Å². The van der Waals surface area contributed by atoms with E-state index in [0.717, 1.165) is 25.9 Å². The summed E-state index contributed by atoms with van der Waals surface area (Å²) in [4.78, 5) is 2.53. The number of unbranched alkanes of at least 4 members (excludes halogenated alkanes) is 1. The Morgan fingerprint density at radius 3 is 2.80 bits per heavy atom. The molecule has 2 rings (SSSR count). The first kappa shape index (κ1) is 15.7. The van der Waals surface area contributed by atoms with E-state index in [2.05, 4.69) is 17.1 Å². The summed E-state index contributed by atoms with van der Waals surface area (Å²) in [6, 6.07) is 5.68. The number of rotatable bonds is 6. The second-order valence-corrected chi connectivity index (χ2v) is 5.97. The lowest BCUT2D eigenvalue weighted by molar-refractivity contribution is 0.194. The van der Waals surface area contributed by atoms with Crippen LogP contribution in [0.25, 0.3) is 0 Å². The second-order valence-electron chi connectivity index (χ2n) is 5.56. The maximum absolute atomic E-state index is 13.8. The average Bonchev–Trinajstić information content (AvgIpc) is 2.48. The third kappa shape index (κ3) is 4.44. The lowest BCUT2D eigenvalue weighted by Crippen LogP contribution is -2.42. The number of piperidine rings is 1.